The fraction of sp³-hybridized carbons (Fsp3) is 0.393. The Morgan fingerprint density at radius 3 is 1.77 bits per heavy atom. The predicted octanol–water partition coefficient (Wildman–Crippen LogP) is 2.61. The zero-order valence-corrected chi connectivity index (χ0v) is 21.8. The molecule has 2 aromatic carbocycles. The van der Waals surface area contributed by atoms with Gasteiger partial charge in [-0.2, -0.15) is 0 Å². The zero-order valence-electron chi connectivity index (χ0n) is 21.8. The molecule has 0 aromatic heterocycles. The van der Waals surface area contributed by atoms with Crippen molar-refractivity contribution in [2.24, 2.45) is 0 Å². The quantitative estimate of drug-likeness (QED) is 0.486. The smallest absolute Gasteiger partial charge is 0.410 e. The van der Waals surface area contributed by atoms with E-state index in [9.17, 15) is 18.8 Å². The van der Waals surface area contributed by atoms with Gasteiger partial charge >= 0.3 is 18.0 Å². The summed E-state index contributed by atoms with van der Waals surface area (Å²) in [5.74, 6) is -2.70. The standard InChI is InChI=1S/C24H31FN4O2.C4H4O4/c25-22-6-8-23(9-7-22)28-16-12-26(13-17-28)10-11-27-14-18-29(19-15-27)24(30)31-20-21-4-2-1-3-5-21;5-3(6)1-2-4(7)8/h1-9H,10-20H2;1-2H,(H,5,6)(H,7,8)/b;2-1+. The van der Waals surface area contributed by atoms with Crippen molar-refractivity contribution in [3.8, 4) is 0 Å². The van der Waals surface area contributed by atoms with Crippen molar-refractivity contribution in [3.63, 3.8) is 0 Å². The van der Waals surface area contributed by atoms with Crippen LogP contribution in [0.3, 0.4) is 0 Å². The summed E-state index contributed by atoms with van der Waals surface area (Å²) in [5.41, 5.74) is 2.10. The molecule has 2 aliphatic heterocycles. The number of halogens is 1. The minimum absolute atomic E-state index is 0.188. The van der Waals surface area contributed by atoms with Gasteiger partial charge in [0.2, 0.25) is 0 Å². The van der Waals surface area contributed by atoms with Gasteiger partial charge in [-0.15, -0.1) is 0 Å². The summed E-state index contributed by atoms with van der Waals surface area (Å²) in [6, 6.07) is 16.5. The van der Waals surface area contributed by atoms with E-state index in [0.29, 0.717) is 31.8 Å². The van der Waals surface area contributed by atoms with Gasteiger partial charge in [-0.1, -0.05) is 30.3 Å². The second kappa shape index (κ2) is 15.5. The Hall–Kier alpha value is -3.96. The Kier molecular flexibility index (Phi) is 11.7. The molecular weight excluding hydrogens is 507 g/mol. The van der Waals surface area contributed by atoms with Crippen LogP contribution in [0, 0.1) is 5.82 Å². The minimum atomic E-state index is -1.26. The van der Waals surface area contributed by atoms with Crippen LogP contribution < -0.4 is 4.90 Å². The Morgan fingerprint density at radius 1 is 0.744 bits per heavy atom. The lowest BCUT2D eigenvalue weighted by Crippen LogP contribution is -2.52. The highest BCUT2D eigenvalue weighted by molar-refractivity contribution is 5.89. The topological polar surface area (TPSA) is 114 Å². The molecular formula is C28H35FN4O6. The first-order chi connectivity index (χ1) is 18.8. The van der Waals surface area contributed by atoms with Gasteiger partial charge in [0.05, 0.1) is 0 Å². The van der Waals surface area contributed by atoms with Gasteiger partial charge in [-0.25, -0.2) is 18.8 Å². The van der Waals surface area contributed by atoms with Gasteiger partial charge in [-0.05, 0) is 29.8 Å². The van der Waals surface area contributed by atoms with Crippen LogP contribution >= 0.6 is 0 Å². The number of hydrogen-bond acceptors (Lipinski definition) is 7. The molecule has 2 aliphatic rings. The molecule has 1 amide bonds. The lowest BCUT2D eigenvalue weighted by atomic mass is 10.2. The van der Waals surface area contributed by atoms with Crippen LogP contribution in [-0.4, -0.2) is 108 Å². The molecule has 0 spiro atoms. The number of carbonyl (C=O) groups is 3. The molecule has 2 saturated heterocycles. The maximum absolute atomic E-state index is 13.1. The van der Waals surface area contributed by atoms with Crippen LogP contribution in [0.25, 0.3) is 0 Å². The highest BCUT2D eigenvalue weighted by atomic mass is 19.1. The number of aliphatic carboxylic acids is 2. The minimum Gasteiger partial charge on any atom is -0.478 e. The maximum atomic E-state index is 13.1. The summed E-state index contributed by atoms with van der Waals surface area (Å²) in [6.45, 7) is 9.54. The number of carbonyl (C=O) groups excluding carboxylic acids is 1. The fourth-order valence-corrected chi connectivity index (χ4v) is 4.27. The molecule has 210 valence electrons. The van der Waals surface area contributed by atoms with E-state index in [-0.39, 0.29) is 11.9 Å². The number of rotatable bonds is 8. The van der Waals surface area contributed by atoms with Crippen molar-refractivity contribution in [3.05, 3.63) is 78.1 Å². The van der Waals surface area contributed by atoms with Crippen LogP contribution in [0.5, 0.6) is 0 Å². The molecule has 0 saturated carbocycles. The van der Waals surface area contributed by atoms with E-state index >= 15 is 0 Å². The number of nitrogens with zero attached hydrogens (tertiary/aromatic N) is 4. The van der Waals surface area contributed by atoms with E-state index in [2.05, 4.69) is 14.7 Å². The third kappa shape index (κ3) is 10.7. The normalized spacial score (nSPS) is 16.4. The molecule has 2 N–H and O–H groups in total. The van der Waals surface area contributed by atoms with E-state index in [1.807, 2.05) is 42.5 Å². The molecule has 10 nitrogen and oxygen atoms in total. The molecule has 0 bridgehead atoms. The monoisotopic (exact) mass is 542 g/mol. The van der Waals surface area contributed by atoms with Crippen molar-refractivity contribution in [2.45, 2.75) is 6.61 Å². The largest absolute Gasteiger partial charge is 0.478 e. The van der Waals surface area contributed by atoms with Crippen LogP contribution in [0.2, 0.25) is 0 Å². The van der Waals surface area contributed by atoms with Gasteiger partial charge < -0.3 is 24.7 Å². The predicted molar refractivity (Wildman–Crippen MR) is 144 cm³/mol. The van der Waals surface area contributed by atoms with Gasteiger partial charge in [0.25, 0.3) is 0 Å². The summed E-state index contributed by atoms with van der Waals surface area (Å²) < 4.78 is 18.6. The number of anilines is 1. The number of ether oxygens (including phenoxy) is 1. The van der Waals surface area contributed by atoms with Gasteiger partial charge in [0, 0.05) is 83.3 Å². The number of carboxylic acids is 2. The first-order valence-electron chi connectivity index (χ1n) is 12.8. The SMILES string of the molecule is O=C(O)/C=C/C(=O)O.O=C(OCc1ccccc1)N1CCN(CCN2CCN(c3ccc(F)cc3)CC2)CC1. The van der Waals surface area contributed by atoms with E-state index in [0.717, 1.165) is 63.6 Å². The molecule has 0 atom stereocenters. The molecule has 4 rings (SSSR count). The highest BCUT2D eigenvalue weighted by Gasteiger charge is 2.23. The van der Waals surface area contributed by atoms with E-state index in [4.69, 9.17) is 14.9 Å². The molecule has 0 unspecified atom stereocenters. The van der Waals surface area contributed by atoms with Gasteiger partial charge in [0.1, 0.15) is 12.4 Å². The molecule has 2 aromatic rings. The third-order valence-corrected chi connectivity index (χ3v) is 6.50. The van der Waals surface area contributed by atoms with Crippen molar-refractivity contribution in [1.82, 2.24) is 14.7 Å². The van der Waals surface area contributed by atoms with E-state index in [1.165, 1.54) is 12.1 Å². The number of hydrogen-bond donors (Lipinski definition) is 2. The van der Waals surface area contributed by atoms with Crippen LogP contribution in [0.15, 0.2) is 66.7 Å². The summed E-state index contributed by atoms with van der Waals surface area (Å²) in [7, 11) is 0. The fourth-order valence-electron chi connectivity index (χ4n) is 4.27. The van der Waals surface area contributed by atoms with Gasteiger partial charge in [-0.3, -0.25) is 9.80 Å². The molecule has 0 aliphatic carbocycles. The van der Waals surface area contributed by atoms with Crippen molar-refractivity contribution >= 4 is 23.7 Å². The number of amides is 1. The summed E-state index contributed by atoms with van der Waals surface area (Å²) >= 11 is 0. The zero-order chi connectivity index (χ0) is 28.0. The second-order valence-corrected chi connectivity index (χ2v) is 9.18. The number of carboxylic acid groups (broad SMARTS) is 2. The van der Waals surface area contributed by atoms with Crippen molar-refractivity contribution in [2.75, 3.05) is 70.3 Å². The second-order valence-electron chi connectivity index (χ2n) is 9.18. The van der Waals surface area contributed by atoms with Crippen LogP contribution in [0.1, 0.15) is 5.56 Å². The molecule has 2 heterocycles. The summed E-state index contributed by atoms with van der Waals surface area (Å²) in [6.07, 6.45) is 0.894. The average molecular weight is 543 g/mol. The van der Waals surface area contributed by atoms with Crippen LogP contribution in [-0.2, 0) is 20.9 Å². The van der Waals surface area contributed by atoms with E-state index < -0.39 is 11.9 Å². The first-order valence-corrected chi connectivity index (χ1v) is 12.8. The Balaban J connectivity index is 0.000000459. The maximum Gasteiger partial charge on any atom is 0.410 e. The molecule has 39 heavy (non-hydrogen) atoms. The third-order valence-electron chi connectivity index (χ3n) is 6.50. The Morgan fingerprint density at radius 2 is 1.26 bits per heavy atom. The van der Waals surface area contributed by atoms with Crippen LogP contribution in [0.4, 0.5) is 14.9 Å². The Labute approximate surface area is 227 Å². The average Bonchev–Trinajstić information content (AvgIpc) is 2.95. The Bertz CT molecular complexity index is 1070. The lowest BCUT2D eigenvalue weighted by molar-refractivity contribution is -0.134. The van der Waals surface area contributed by atoms with Crippen molar-refractivity contribution in [1.29, 1.82) is 0 Å². The number of benzene rings is 2. The highest BCUT2D eigenvalue weighted by Crippen LogP contribution is 2.17. The first kappa shape index (κ1) is 29.6. The molecule has 2 fully saturated rings. The lowest BCUT2D eigenvalue weighted by Gasteiger charge is -2.38. The number of piperazine rings is 2. The molecule has 0 radical (unpaired) electrons. The molecule has 11 heteroatoms. The summed E-state index contributed by atoms with van der Waals surface area (Å²) in [5, 5.41) is 15.6. The summed E-state index contributed by atoms with van der Waals surface area (Å²) in [4.78, 5) is 40.4. The van der Waals surface area contributed by atoms with Gasteiger partial charge in [0.15, 0.2) is 0 Å². The van der Waals surface area contributed by atoms with E-state index in [1.54, 1.807) is 4.90 Å². The van der Waals surface area contributed by atoms with Crippen molar-refractivity contribution < 1.29 is 33.7 Å².